The number of unbranched alkanes of at least 4 members (excludes halogenated alkanes) is 1. The number of hydrogen-bond acceptors (Lipinski definition) is 3. The second-order valence-electron chi connectivity index (χ2n) is 5.44. The van der Waals surface area contributed by atoms with E-state index in [4.69, 9.17) is 4.74 Å². The number of carbonyl (C=O) groups is 1. The Hall–Kier alpha value is -1.35. The average Bonchev–Trinajstić information content (AvgIpc) is 2.35. The number of ether oxygens (including phenoxy) is 1. The molecule has 0 aliphatic rings. The predicted octanol–water partition coefficient (Wildman–Crippen LogP) is 3.77. The highest BCUT2D eigenvalue weighted by molar-refractivity contribution is 5.69. The molecule has 0 spiro atoms. The van der Waals surface area contributed by atoms with Crippen LogP contribution in [0.4, 0.5) is 0 Å². The lowest BCUT2D eigenvalue weighted by atomic mass is 9.93. The molecular weight excluding hydrogens is 252 g/mol. The summed E-state index contributed by atoms with van der Waals surface area (Å²) in [6.07, 6.45) is 1.98. The maximum absolute atomic E-state index is 11.5. The van der Waals surface area contributed by atoms with Gasteiger partial charge < -0.3 is 9.84 Å². The first-order valence-corrected chi connectivity index (χ1v) is 7.37. The minimum absolute atomic E-state index is 0.222. The van der Waals surface area contributed by atoms with E-state index in [1.54, 1.807) is 0 Å². The van der Waals surface area contributed by atoms with E-state index in [2.05, 4.69) is 19.1 Å². The molecule has 0 aromatic heterocycles. The van der Waals surface area contributed by atoms with E-state index >= 15 is 0 Å². The minimum atomic E-state index is -0.602. The first-order chi connectivity index (χ1) is 9.45. The van der Waals surface area contributed by atoms with Crippen molar-refractivity contribution < 1.29 is 14.6 Å². The van der Waals surface area contributed by atoms with Gasteiger partial charge in [-0.3, -0.25) is 4.79 Å². The average molecular weight is 278 g/mol. The van der Waals surface area contributed by atoms with Crippen molar-refractivity contribution in [2.75, 3.05) is 6.61 Å². The molecule has 112 valence electrons. The Morgan fingerprint density at radius 1 is 1.25 bits per heavy atom. The number of aliphatic hydroxyl groups is 1. The van der Waals surface area contributed by atoms with Crippen LogP contribution >= 0.6 is 0 Å². The van der Waals surface area contributed by atoms with Crippen molar-refractivity contribution in [2.24, 2.45) is 0 Å². The van der Waals surface area contributed by atoms with Crippen LogP contribution in [0.15, 0.2) is 12.1 Å². The minimum Gasteiger partial charge on any atom is -0.466 e. The van der Waals surface area contributed by atoms with E-state index in [9.17, 15) is 9.90 Å². The van der Waals surface area contributed by atoms with Gasteiger partial charge in [-0.15, -0.1) is 0 Å². The summed E-state index contributed by atoms with van der Waals surface area (Å²) in [5.41, 5.74) is 4.29. The molecule has 3 heteroatoms. The lowest BCUT2D eigenvalue weighted by Gasteiger charge is -2.17. The van der Waals surface area contributed by atoms with Gasteiger partial charge in [0.1, 0.15) is 0 Å². The van der Waals surface area contributed by atoms with Gasteiger partial charge in [0.15, 0.2) is 0 Å². The van der Waals surface area contributed by atoms with Crippen LogP contribution in [0.25, 0.3) is 0 Å². The van der Waals surface area contributed by atoms with Crippen LogP contribution in [0.3, 0.4) is 0 Å². The number of aliphatic hydroxyl groups excluding tert-OH is 1. The molecule has 0 fully saturated rings. The van der Waals surface area contributed by atoms with Crippen molar-refractivity contribution in [1.82, 2.24) is 0 Å². The number of benzene rings is 1. The second-order valence-corrected chi connectivity index (χ2v) is 5.44. The van der Waals surface area contributed by atoms with Gasteiger partial charge in [-0.25, -0.2) is 0 Å². The largest absolute Gasteiger partial charge is 0.466 e. The summed E-state index contributed by atoms with van der Waals surface area (Å²) in [7, 11) is 0. The first kappa shape index (κ1) is 16.7. The monoisotopic (exact) mass is 278 g/mol. The fraction of sp³-hybridized carbons (Fsp3) is 0.588. The molecule has 1 rings (SSSR count). The van der Waals surface area contributed by atoms with Gasteiger partial charge >= 0.3 is 5.97 Å². The molecule has 1 atom stereocenters. The van der Waals surface area contributed by atoms with E-state index in [-0.39, 0.29) is 12.4 Å². The van der Waals surface area contributed by atoms with Crippen LogP contribution < -0.4 is 0 Å². The molecule has 0 saturated carbocycles. The third-order valence-electron chi connectivity index (χ3n) is 3.45. The van der Waals surface area contributed by atoms with Crippen molar-refractivity contribution in [3.05, 3.63) is 34.4 Å². The lowest BCUT2D eigenvalue weighted by molar-refractivity contribution is -0.144. The zero-order valence-electron chi connectivity index (χ0n) is 13.0. The van der Waals surface area contributed by atoms with E-state index < -0.39 is 6.10 Å². The van der Waals surface area contributed by atoms with Crippen molar-refractivity contribution in [3.63, 3.8) is 0 Å². The quantitative estimate of drug-likeness (QED) is 0.610. The van der Waals surface area contributed by atoms with Crippen LogP contribution in [0.2, 0.25) is 0 Å². The van der Waals surface area contributed by atoms with E-state index in [1.165, 1.54) is 5.56 Å². The molecular formula is C17H26O3. The summed E-state index contributed by atoms with van der Waals surface area (Å²) >= 11 is 0. The summed E-state index contributed by atoms with van der Waals surface area (Å²) in [6, 6.07) is 4.12. The highest BCUT2D eigenvalue weighted by Gasteiger charge is 2.15. The van der Waals surface area contributed by atoms with Gasteiger partial charge in [-0.1, -0.05) is 31.0 Å². The third-order valence-corrected chi connectivity index (χ3v) is 3.45. The zero-order chi connectivity index (χ0) is 15.1. The van der Waals surface area contributed by atoms with Gasteiger partial charge in [-0.2, -0.15) is 0 Å². The zero-order valence-corrected chi connectivity index (χ0v) is 13.0. The number of esters is 1. The van der Waals surface area contributed by atoms with E-state index in [0.29, 0.717) is 13.0 Å². The normalized spacial score (nSPS) is 12.2. The SMILES string of the molecule is CCCCOC(=O)CCC(O)c1c(C)cc(C)cc1C. The Morgan fingerprint density at radius 3 is 2.40 bits per heavy atom. The van der Waals surface area contributed by atoms with Crippen LogP contribution in [-0.4, -0.2) is 17.7 Å². The number of hydrogen-bond donors (Lipinski definition) is 1. The number of carbonyl (C=O) groups excluding carboxylic acids is 1. The van der Waals surface area contributed by atoms with Crippen molar-refractivity contribution in [1.29, 1.82) is 0 Å². The first-order valence-electron chi connectivity index (χ1n) is 7.37. The maximum atomic E-state index is 11.5. The Balaban J connectivity index is 2.55. The smallest absolute Gasteiger partial charge is 0.305 e. The summed E-state index contributed by atoms with van der Waals surface area (Å²) in [4.78, 5) is 11.5. The molecule has 1 N–H and O–H groups in total. The highest BCUT2D eigenvalue weighted by atomic mass is 16.5. The van der Waals surface area contributed by atoms with Crippen molar-refractivity contribution in [3.8, 4) is 0 Å². The molecule has 1 aromatic rings. The topological polar surface area (TPSA) is 46.5 Å². The fourth-order valence-electron chi connectivity index (χ4n) is 2.52. The van der Waals surface area contributed by atoms with Crippen molar-refractivity contribution in [2.45, 2.75) is 59.5 Å². The van der Waals surface area contributed by atoms with Gasteiger partial charge in [-0.05, 0) is 50.3 Å². The van der Waals surface area contributed by atoms with Gasteiger partial charge in [0.2, 0.25) is 0 Å². The van der Waals surface area contributed by atoms with Gasteiger partial charge in [0, 0.05) is 6.42 Å². The summed E-state index contributed by atoms with van der Waals surface area (Å²) in [5.74, 6) is -0.222. The maximum Gasteiger partial charge on any atom is 0.305 e. The Morgan fingerprint density at radius 2 is 1.85 bits per heavy atom. The van der Waals surface area contributed by atoms with Crippen molar-refractivity contribution >= 4 is 5.97 Å². The Bertz CT molecular complexity index is 429. The van der Waals surface area contributed by atoms with Gasteiger partial charge in [0.05, 0.1) is 12.7 Å². The standard InChI is InChI=1S/C17H26O3/c1-5-6-9-20-16(19)8-7-15(18)17-13(3)10-12(2)11-14(17)4/h10-11,15,18H,5-9H2,1-4H3. The molecule has 3 nitrogen and oxygen atoms in total. The van der Waals surface area contributed by atoms with E-state index in [0.717, 1.165) is 29.5 Å². The Kier molecular flexibility index (Phi) is 6.73. The second kappa shape index (κ2) is 8.05. The Labute approximate surface area is 122 Å². The van der Waals surface area contributed by atoms with Gasteiger partial charge in [0.25, 0.3) is 0 Å². The summed E-state index contributed by atoms with van der Waals surface area (Å²) < 4.78 is 5.10. The molecule has 1 unspecified atom stereocenters. The van der Waals surface area contributed by atoms with Crippen LogP contribution in [0.1, 0.15) is 61.0 Å². The molecule has 0 aliphatic carbocycles. The molecule has 0 amide bonds. The molecule has 0 saturated heterocycles. The molecule has 0 heterocycles. The molecule has 0 aliphatic heterocycles. The van der Waals surface area contributed by atoms with Crippen LogP contribution in [0.5, 0.6) is 0 Å². The van der Waals surface area contributed by atoms with Crippen LogP contribution in [0, 0.1) is 20.8 Å². The number of rotatable bonds is 7. The third kappa shape index (κ3) is 4.97. The fourth-order valence-corrected chi connectivity index (χ4v) is 2.52. The van der Waals surface area contributed by atoms with E-state index in [1.807, 2.05) is 20.8 Å². The molecule has 1 aromatic carbocycles. The summed E-state index contributed by atoms with van der Waals surface area (Å²) in [5, 5.41) is 10.3. The number of aryl methyl sites for hydroxylation is 3. The highest BCUT2D eigenvalue weighted by Crippen LogP contribution is 2.26. The predicted molar refractivity (Wildman–Crippen MR) is 80.7 cm³/mol. The summed E-state index contributed by atoms with van der Waals surface area (Å²) in [6.45, 7) is 8.58. The van der Waals surface area contributed by atoms with Crippen LogP contribution in [-0.2, 0) is 9.53 Å². The molecule has 0 radical (unpaired) electrons. The molecule has 0 bridgehead atoms. The lowest BCUT2D eigenvalue weighted by Crippen LogP contribution is -2.10. The molecule has 20 heavy (non-hydrogen) atoms.